The second-order valence-electron chi connectivity index (χ2n) is 6.38. The van der Waals surface area contributed by atoms with Gasteiger partial charge < -0.3 is 14.9 Å². The average molecular weight is 342 g/mol. The fourth-order valence-corrected chi connectivity index (χ4v) is 3.41. The third-order valence-corrected chi connectivity index (χ3v) is 4.90. The molecule has 1 unspecified atom stereocenters. The summed E-state index contributed by atoms with van der Waals surface area (Å²) < 4.78 is 5.34. The highest BCUT2D eigenvalue weighted by atomic mass is 16.5. The molecule has 1 aromatic heterocycles. The number of aliphatic carboxylic acids is 1. The fourth-order valence-electron chi connectivity index (χ4n) is 3.41. The van der Waals surface area contributed by atoms with Crippen molar-refractivity contribution in [3.63, 3.8) is 0 Å². The molecule has 2 N–H and O–H groups in total. The van der Waals surface area contributed by atoms with Crippen molar-refractivity contribution in [2.24, 2.45) is 0 Å². The number of amides is 1. The lowest BCUT2D eigenvalue weighted by atomic mass is 9.87. The second-order valence-corrected chi connectivity index (χ2v) is 6.38. The van der Waals surface area contributed by atoms with Crippen LogP contribution in [-0.2, 0) is 23.2 Å². The van der Waals surface area contributed by atoms with Crippen LogP contribution in [0.25, 0.3) is 0 Å². The van der Waals surface area contributed by atoms with Crippen LogP contribution in [0.15, 0.2) is 34.9 Å². The molecule has 2 aromatic rings. The molecular formula is C19H22N2O4. The minimum absolute atomic E-state index is 0.215. The van der Waals surface area contributed by atoms with Gasteiger partial charge in [-0.15, -0.1) is 0 Å². The molecule has 1 atom stereocenters. The van der Waals surface area contributed by atoms with Crippen molar-refractivity contribution >= 4 is 11.9 Å². The lowest BCUT2D eigenvalue weighted by Gasteiger charge is -2.29. The number of hydrogen-bond acceptors (Lipinski definition) is 4. The molecule has 6 heteroatoms. The SMILES string of the molecule is CCC(NC(=O)c1noc2c1CCCCC2)(C(=O)O)c1ccccc1. The summed E-state index contributed by atoms with van der Waals surface area (Å²) >= 11 is 0. The zero-order valence-electron chi connectivity index (χ0n) is 14.2. The summed E-state index contributed by atoms with van der Waals surface area (Å²) in [6.45, 7) is 1.74. The maximum absolute atomic E-state index is 12.8. The number of aryl methyl sites for hydroxylation is 1. The predicted octanol–water partition coefficient (Wildman–Crippen LogP) is 3.06. The van der Waals surface area contributed by atoms with Gasteiger partial charge in [-0.2, -0.15) is 0 Å². The summed E-state index contributed by atoms with van der Waals surface area (Å²) in [6, 6.07) is 8.75. The molecule has 0 aliphatic heterocycles. The van der Waals surface area contributed by atoms with Gasteiger partial charge >= 0.3 is 5.97 Å². The van der Waals surface area contributed by atoms with Gasteiger partial charge in [0.25, 0.3) is 5.91 Å². The molecule has 0 saturated heterocycles. The Morgan fingerprint density at radius 2 is 1.92 bits per heavy atom. The highest BCUT2D eigenvalue weighted by molar-refractivity contribution is 5.98. The fraction of sp³-hybridized carbons (Fsp3) is 0.421. The number of nitrogens with zero attached hydrogens (tertiary/aromatic N) is 1. The molecule has 0 fully saturated rings. The lowest BCUT2D eigenvalue weighted by molar-refractivity contribution is -0.145. The van der Waals surface area contributed by atoms with Crippen LogP contribution in [0.5, 0.6) is 0 Å². The molecular weight excluding hydrogens is 320 g/mol. The number of fused-ring (bicyclic) bond motifs is 1. The predicted molar refractivity (Wildman–Crippen MR) is 91.3 cm³/mol. The van der Waals surface area contributed by atoms with Crippen LogP contribution in [0, 0.1) is 0 Å². The number of carboxylic acid groups (broad SMARTS) is 1. The van der Waals surface area contributed by atoms with Crippen LogP contribution in [-0.4, -0.2) is 22.1 Å². The highest BCUT2D eigenvalue weighted by Gasteiger charge is 2.41. The van der Waals surface area contributed by atoms with Crippen LogP contribution in [0.1, 0.15) is 60.0 Å². The van der Waals surface area contributed by atoms with Gasteiger partial charge in [-0.3, -0.25) is 4.79 Å². The van der Waals surface area contributed by atoms with Gasteiger partial charge in [0, 0.05) is 12.0 Å². The minimum Gasteiger partial charge on any atom is -0.479 e. The van der Waals surface area contributed by atoms with Crippen LogP contribution in [0.3, 0.4) is 0 Å². The Morgan fingerprint density at radius 3 is 2.60 bits per heavy atom. The van der Waals surface area contributed by atoms with Crippen molar-refractivity contribution in [2.45, 2.75) is 51.0 Å². The third kappa shape index (κ3) is 3.16. The van der Waals surface area contributed by atoms with Crippen molar-refractivity contribution in [1.29, 1.82) is 0 Å². The van der Waals surface area contributed by atoms with Gasteiger partial charge in [0.05, 0.1) is 0 Å². The normalized spacial score (nSPS) is 16.4. The Balaban J connectivity index is 1.94. The van der Waals surface area contributed by atoms with Crippen LogP contribution in [0.4, 0.5) is 0 Å². The molecule has 1 amide bonds. The Kier molecular flexibility index (Phi) is 4.88. The van der Waals surface area contributed by atoms with Gasteiger partial charge in [0.2, 0.25) is 0 Å². The maximum atomic E-state index is 12.8. The first-order valence-electron chi connectivity index (χ1n) is 8.67. The molecule has 0 bridgehead atoms. The van der Waals surface area contributed by atoms with Crippen molar-refractivity contribution in [3.8, 4) is 0 Å². The van der Waals surface area contributed by atoms with Crippen molar-refractivity contribution in [3.05, 3.63) is 52.9 Å². The molecule has 1 aliphatic carbocycles. The van der Waals surface area contributed by atoms with Gasteiger partial charge in [0.15, 0.2) is 11.2 Å². The van der Waals surface area contributed by atoms with E-state index in [1.165, 1.54) is 0 Å². The van der Waals surface area contributed by atoms with Crippen molar-refractivity contribution < 1.29 is 19.2 Å². The highest BCUT2D eigenvalue weighted by Crippen LogP contribution is 2.28. The number of carbonyl (C=O) groups excluding carboxylic acids is 1. The quantitative estimate of drug-likeness (QED) is 0.815. The molecule has 0 saturated carbocycles. The number of benzene rings is 1. The van der Waals surface area contributed by atoms with E-state index < -0.39 is 17.4 Å². The molecule has 132 valence electrons. The number of aromatic nitrogens is 1. The minimum atomic E-state index is -1.49. The average Bonchev–Trinajstić information content (AvgIpc) is 2.89. The summed E-state index contributed by atoms with van der Waals surface area (Å²) in [5.41, 5.74) is 0.0767. The summed E-state index contributed by atoms with van der Waals surface area (Å²) in [5.74, 6) is -0.844. The molecule has 6 nitrogen and oxygen atoms in total. The first-order chi connectivity index (χ1) is 12.1. The maximum Gasteiger partial charge on any atom is 0.334 e. The number of nitrogens with one attached hydrogen (secondary N) is 1. The molecule has 25 heavy (non-hydrogen) atoms. The standard InChI is InChI=1S/C19H22N2O4/c1-2-19(18(23)24,13-9-5-3-6-10-13)20-17(22)16-14-11-7-4-8-12-15(14)25-21-16/h3,5-6,9-10H,2,4,7-8,11-12H2,1H3,(H,20,22)(H,23,24). The van der Waals surface area contributed by atoms with E-state index in [1.807, 2.05) is 6.07 Å². The first kappa shape index (κ1) is 17.2. The van der Waals surface area contributed by atoms with Gasteiger partial charge in [-0.25, -0.2) is 4.79 Å². The number of rotatable bonds is 5. The zero-order valence-corrected chi connectivity index (χ0v) is 14.2. The molecule has 1 aliphatic rings. The topological polar surface area (TPSA) is 92.4 Å². The Morgan fingerprint density at radius 1 is 1.20 bits per heavy atom. The Labute approximate surface area is 146 Å². The van der Waals surface area contributed by atoms with Crippen LogP contribution in [0.2, 0.25) is 0 Å². The van der Waals surface area contributed by atoms with Gasteiger partial charge in [-0.05, 0) is 31.2 Å². The van der Waals surface area contributed by atoms with Gasteiger partial charge in [-0.1, -0.05) is 48.8 Å². The smallest absolute Gasteiger partial charge is 0.334 e. The number of carboxylic acids is 1. The summed E-state index contributed by atoms with van der Waals surface area (Å²) in [5, 5.41) is 16.5. The monoisotopic (exact) mass is 342 g/mol. The van der Waals surface area contributed by atoms with Crippen molar-refractivity contribution in [2.75, 3.05) is 0 Å². The van der Waals surface area contributed by atoms with Crippen LogP contribution < -0.4 is 5.32 Å². The summed E-state index contributed by atoms with van der Waals surface area (Å²) in [7, 11) is 0. The summed E-state index contributed by atoms with van der Waals surface area (Å²) in [6.07, 6.45) is 4.80. The Bertz CT molecular complexity index is 769. The second kappa shape index (κ2) is 7.09. The third-order valence-electron chi connectivity index (χ3n) is 4.90. The van der Waals surface area contributed by atoms with E-state index >= 15 is 0 Å². The Hall–Kier alpha value is -2.63. The molecule has 0 radical (unpaired) electrons. The largest absolute Gasteiger partial charge is 0.479 e. The van der Waals surface area contributed by atoms with E-state index in [0.717, 1.165) is 43.4 Å². The molecule has 3 rings (SSSR count). The van der Waals surface area contributed by atoms with E-state index in [9.17, 15) is 14.7 Å². The van der Waals surface area contributed by atoms with E-state index in [4.69, 9.17) is 4.52 Å². The number of hydrogen-bond donors (Lipinski definition) is 2. The van der Waals surface area contributed by atoms with E-state index in [0.29, 0.717) is 5.56 Å². The van der Waals surface area contributed by atoms with E-state index in [1.54, 1.807) is 31.2 Å². The first-order valence-corrected chi connectivity index (χ1v) is 8.67. The van der Waals surface area contributed by atoms with E-state index in [-0.39, 0.29) is 12.1 Å². The lowest BCUT2D eigenvalue weighted by Crippen LogP contribution is -2.51. The molecule has 1 aromatic carbocycles. The number of carbonyl (C=O) groups is 2. The zero-order chi connectivity index (χ0) is 17.9. The summed E-state index contributed by atoms with van der Waals surface area (Å²) in [4.78, 5) is 24.9. The van der Waals surface area contributed by atoms with Gasteiger partial charge in [0.1, 0.15) is 5.76 Å². The molecule has 0 spiro atoms. The van der Waals surface area contributed by atoms with Crippen LogP contribution >= 0.6 is 0 Å². The van der Waals surface area contributed by atoms with E-state index in [2.05, 4.69) is 10.5 Å². The molecule has 1 heterocycles. The van der Waals surface area contributed by atoms with Crippen molar-refractivity contribution in [1.82, 2.24) is 10.5 Å².